The zero-order valence-corrected chi connectivity index (χ0v) is 22.3. The summed E-state index contributed by atoms with van der Waals surface area (Å²) < 4.78 is 63.7. The molecule has 3 aromatic rings. The van der Waals surface area contributed by atoms with Crippen molar-refractivity contribution in [2.45, 2.75) is 57.2 Å². The van der Waals surface area contributed by atoms with Crippen molar-refractivity contribution in [2.24, 2.45) is 0 Å². The second-order valence-corrected chi connectivity index (χ2v) is 11.3. The van der Waals surface area contributed by atoms with Gasteiger partial charge in [0.15, 0.2) is 11.7 Å². The van der Waals surface area contributed by atoms with Crippen molar-refractivity contribution < 1.29 is 36.6 Å². The summed E-state index contributed by atoms with van der Waals surface area (Å²) in [6.45, 7) is 6.24. The standard InChI is InChI=1S/C25H29F3N4O5S/c1-24(2,3)37-23(33)32-15-11-16(32)13-31(12-15)22-30-18-10-14(20(25(26,27)28)35-7-6-34-4)9-17(19(18)36-22)21-29-5-8-38-21/h5,8-10,15-16,20H,6-7,11-13H2,1-4H3. The molecule has 6 rings (SSSR count). The summed E-state index contributed by atoms with van der Waals surface area (Å²) >= 11 is 1.29. The molecule has 38 heavy (non-hydrogen) atoms. The average Bonchev–Trinajstić information content (AvgIpc) is 3.49. The Kier molecular flexibility index (Phi) is 7.03. The van der Waals surface area contributed by atoms with Gasteiger partial charge < -0.3 is 23.5 Å². The number of fused-ring (bicyclic) bond motifs is 3. The second kappa shape index (κ2) is 10.0. The maximum absolute atomic E-state index is 14.0. The van der Waals surface area contributed by atoms with Crippen LogP contribution in [-0.4, -0.2) is 78.2 Å². The Labute approximate surface area is 221 Å². The summed E-state index contributed by atoms with van der Waals surface area (Å²) in [5.41, 5.74) is 0.347. The Hall–Kier alpha value is -2.90. The number of hydrogen-bond acceptors (Lipinski definition) is 9. The number of oxazole rings is 1. The Balaban J connectivity index is 1.45. The number of methoxy groups -OCH3 is 1. The van der Waals surface area contributed by atoms with Gasteiger partial charge in [-0.05, 0) is 44.9 Å². The molecule has 3 aliphatic heterocycles. The van der Waals surface area contributed by atoms with Crippen LogP contribution in [-0.2, 0) is 14.2 Å². The summed E-state index contributed by atoms with van der Waals surface area (Å²) in [6.07, 6.45) is -4.73. The minimum absolute atomic E-state index is 0.0277. The van der Waals surface area contributed by atoms with E-state index in [2.05, 4.69) is 9.97 Å². The Bertz CT molecular complexity index is 1280. The van der Waals surface area contributed by atoms with E-state index in [1.54, 1.807) is 16.5 Å². The summed E-state index contributed by atoms with van der Waals surface area (Å²) in [6, 6.07) is 2.92. The van der Waals surface area contributed by atoms with E-state index in [1.807, 2.05) is 25.7 Å². The first-order chi connectivity index (χ1) is 17.9. The summed E-state index contributed by atoms with van der Waals surface area (Å²) in [7, 11) is 1.40. The maximum atomic E-state index is 14.0. The highest BCUT2D eigenvalue weighted by Gasteiger charge is 2.50. The van der Waals surface area contributed by atoms with Gasteiger partial charge in [-0.2, -0.15) is 18.2 Å². The SMILES string of the molecule is COCCOC(c1cc(-c2nccs2)c2oc(N3CC4CC(C3)N4C(=O)OC(C)(C)C)nc2c1)C(F)(F)F. The number of ether oxygens (including phenoxy) is 3. The van der Waals surface area contributed by atoms with Crippen molar-refractivity contribution in [1.82, 2.24) is 14.9 Å². The molecule has 206 valence electrons. The predicted molar refractivity (Wildman–Crippen MR) is 134 cm³/mol. The lowest BCUT2D eigenvalue weighted by molar-refractivity contribution is -0.226. The van der Waals surface area contributed by atoms with Crippen molar-refractivity contribution >= 4 is 34.5 Å². The van der Waals surface area contributed by atoms with Crippen LogP contribution in [0.1, 0.15) is 38.9 Å². The number of thiazole rings is 1. The van der Waals surface area contributed by atoms with E-state index >= 15 is 0 Å². The second-order valence-electron chi connectivity index (χ2n) is 10.4. The van der Waals surface area contributed by atoms with Gasteiger partial charge in [-0.25, -0.2) is 9.78 Å². The third kappa shape index (κ3) is 5.32. The number of piperidine rings is 1. The first-order valence-corrected chi connectivity index (χ1v) is 13.1. The van der Waals surface area contributed by atoms with Crippen LogP contribution < -0.4 is 4.90 Å². The van der Waals surface area contributed by atoms with E-state index < -0.39 is 17.9 Å². The van der Waals surface area contributed by atoms with Gasteiger partial charge in [-0.3, -0.25) is 4.90 Å². The minimum Gasteiger partial charge on any atom is -0.444 e. The molecule has 2 aromatic heterocycles. The van der Waals surface area contributed by atoms with Gasteiger partial charge in [0.05, 0.1) is 30.9 Å². The smallest absolute Gasteiger partial charge is 0.418 e. The van der Waals surface area contributed by atoms with Crippen molar-refractivity contribution in [3.05, 3.63) is 29.3 Å². The van der Waals surface area contributed by atoms with Gasteiger partial charge in [0.25, 0.3) is 6.01 Å². The molecule has 5 heterocycles. The Morgan fingerprint density at radius 3 is 2.55 bits per heavy atom. The number of anilines is 1. The molecule has 1 aromatic carbocycles. The number of carbonyl (C=O) groups is 1. The number of carbonyl (C=O) groups excluding carboxylic acids is 1. The number of hydrogen-bond donors (Lipinski definition) is 0. The third-order valence-corrected chi connectivity index (χ3v) is 7.21. The van der Waals surface area contributed by atoms with E-state index in [-0.39, 0.29) is 48.5 Å². The van der Waals surface area contributed by atoms with Gasteiger partial charge in [0, 0.05) is 31.8 Å². The average molecular weight is 555 g/mol. The van der Waals surface area contributed by atoms with Crippen molar-refractivity contribution in [3.8, 4) is 10.6 Å². The highest BCUT2D eigenvalue weighted by Crippen LogP contribution is 2.42. The van der Waals surface area contributed by atoms with Gasteiger partial charge >= 0.3 is 12.3 Å². The van der Waals surface area contributed by atoms with Crippen LogP contribution in [0, 0.1) is 0 Å². The van der Waals surface area contributed by atoms with Crippen LogP contribution in [0.2, 0.25) is 0 Å². The molecule has 3 atom stereocenters. The van der Waals surface area contributed by atoms with E-state index in [0.29, 0.717) is 29.2 Å². The maximum Gasteiger partial charge on any atom is 0.418 e. The summed E-state index contributed by atoms with van der Waals surface area (Å²) in [5.74, 6) is 0. The van der Waals surface area contributed by atoms with Crippen LogP contribution in [0.3, 0.4) is 0 Å². The minimum atomic E-state index is -4.65. The number of halogens is 3. The number of alkyl halides is 3. The van der Waals surface area contributed by atoms with Crippen molar-refractivity contribution in [3.63, 3.8) is 0 Å². The lowest BCUT2D eigenvalue weighted by Gasteiger charge is -2.55. The third-order valence-electron chi connectivity index (χ3n) is 6.40. The predicted octanol–water partition coefficient (Wildman–Crippen LogP) is 5.42. The van der Waals surface area contributed by atoms with Gasteiger partial charge in [-0.1, -0.05) is 0 Å². The fourth-order valence-electron chi connectivity index (χ4n) is 4.85. The molecule has 2 bridgehead atoms. The molecule has 13 heteroatoms. The molecule has 3 fully saturated rings. The first-order valence-electron chi connectivity index (χ1n) is 12.2. The van der Waals surface area contributed by atoms with Gasteiger partial charge in [0.1, 0.15) is 16.1 Å². The topological polar surface area (TPSA) is 90.2 Å². The highest BCUT2D eigenvalue weighted by molar-refractivity contribution is 7.13. The van der Waals surface area contributed by atoms with Crippen LogP contribution in [0.5, 0.6) is 0 Å². The molecule has 3 saturated heterocycles. The molecule has 1 amide bonds. The number of amides is 1. The van der Waals surface area contributed by atoms with E-state index in [1.165, 1.54) is 30.6 Å². The molecule has 0 aliphatic carbocycles. The number of aromatic nitrogens is 2. The fourth-order valence-corrected chi connectivity index (χ4v) is 5.50. The zero-order valence-electron chi connectivity index (χ0n) is 21.4. The Morgan fingerprint density at radius 1 is 1.21 bits per heavy atom. The first kappa shape index (κ1) is 26.7. The van der Waals surface area contributed by atoms with Crippen LogP contribution in [0.15, 0.2) is 28.1 Å². The van der Waals surface area contributed by atoms with Crippen molar-refractivity contribution in [1.29, 1.82) is 0 Å². The van der Waals surface area contributed by atoms with E-state index in [0.717, 1.165) is 6.42 Å². The molecule has 3 aliphatic rings. The molecule has 0 N–H and O–H groups in total. The number of piperazine rings is 1. The molecule has 0 saturated carbocycles. The monoisotopic (exact) mass is 554 g/mol. The molecular weight excluding hydrogens is 525 g/mol. The van der Waals surface area contributed by atoms with Crippen LogP contribution in [0.4, 0.5) is 24.0 Å². The largest absolute Gasteiger partial charge is 0.444 e. The highest BCUT2D eigenvalue weighted by atomic mass is 32.1. The van der Waals surface area contributed by atoms with E-state index in [4.69, 9.17) is 18.6 Å². The van der Waals surface area contributed by atoms with Gasteiger partial charge in [0.2, 0.25) is 0 Å². The van der Waals surface area contributed by atoms with Gasteiger partial charge in [-0.15, -0.1) is 11.3 Å². The zero-order chi connectivity index (χ0) is 27.2. The fraction of sp³-hybridized carbons (Fsp3) is 0.560. The van der Waals surface area contributed by atoms with Crippen molar-refractivity contribution in [2.75, 3.05) is 38.3 Å². The molecule has 0 spiro atoms. The molecule has 9 nitrogen and oxygen atoms in total. The van der Waals surface area contributed by atoms with Crippen LogP contribution >= 0.6 is 11.3 Å². The lowest BCUT2D eigenvalue weighted by atomic mass is 9.88. The normalized spacial score (nSPS) is 20.5. The summed E-state index contributed by atoms with van der Waals surface area (Å²) in [4.78, 5) is 25.1. The number of rotatable bonds is 7. The molecule has 0 radical (unpaired) electrons. The van der Waals surface area contributed by atoms with E-state index in [9.17, 15) is 18.0 Å². The lowest BCUT2D eigenvalue weighted by Crippen LogP contribution is -2.70. The molecule has 3 unspecified atom stereocenters. The molecular formula is C25H29F3N4O5S. The summed E-state index contributed by atoms with van der Waals surface area (Å²) in [5, 5.41) is 2.25. The quantitative estimate of drug-likeness (QED) is 0.358. The number of nitrogens with zero attached hydrogens (tertiary/aromatic N) is 4. The number of benzene rings is 1. The Morgan fingerprint density at radius 2 is 1.95 bits per heavy atom. The van der Waals surface area contributed by atoms with Crippen LogP contribution in [0.25, 0.3) is 21.7 Å².